The Kier molecular flexibility index (Phi) is 5.41. The van der Waals surface area contributed by atoms with Crippen LogP contribution in [-0.2, 0) is 4.79 Å². The Balaban J connectivity index is 1.49. The molecule has 4 rings (SSSR count). The molecule has 1 unspecified atom stereocenters. The number of hydrogen-bond donors (Lipinski definition) is 2. The van der Waals surface area contributed by atoms with Crippen molar-refractivity contribution in [1.82, 2.24) is 4.98 Å². The minimum absolute atomic E-state index is 0.0954. The molecule has 0 bridgehead atoms. The molecule has 0 radical (unpaired) electrons. The summed E-state index contributed by atoms with van der Waals surface area (Å²) in [5, 5.41) is 14.9. The normalized spacial score (nSPS) is 18.7. The molecule has 1 fully saturated rings. The molecule has 1 aliphatic rings. The second-order valence-corrected chi connectivity index (χ2v) is 8.05. The molecule has 1 amide bonds. The molecule has 2 atom stereocenters. The molecule has 2 aromatic carbocycles. The van der Waals surface area contributed by atoms with Gasteiger partial charge in [0.05, 0.1) is 34.5 Å². The van der Waals surface area contributed by atoms with Crippen molar-refractivity contribution in [2.24, 2.45) is 0 Å². The number of aromatic nitrogens is 1. The lowest BCUT2D eigenvalue weighted by Gasteiger charge is -2.19. The Morgan fingerprint density at radius 3 is 2.97 bits per heavy atom. The number of non-ortho nitro benzene ring substituents is 1. The maximum atomic E-state index is 12.7. The Hall–Kier alpha value is -3.04. The van der Waals surface area contributed by atoms with Crippen molar-refractivity contribution in [3.63, 3.8) is 0 Å². The van der Waals surface area contributed by atoms with Crippen molar-refractivity contribution >= 4 is 38.8 Å². The Morgan fingerprint density at radius 1 is 1.38 bits per heavy atom. The van der Waals surface area contributed by atoms with Crippen LogP contribution >= 0.6 is 11.3 Å². The van der Waals surface area contributed by atoms with Crippen molar-refractivity contribution in [3.05, 3.63) is 57.6 Å². The van der Waals surface area contributed by atoms with Crippen molar-refractivity contribution < 1.29 is 19.4 Å². The lowest BCUT2D eigenvalue weighted by atomic mass is 10.2. The van der Waals surface area contributed by atoms with Gasteiger partial charge in [0, 0.05) is 25.0 Å². The molecule has 0 spiro atoms. The van der Waals surface area contributed by atoms with E-state index >= 15 is 0 Å². The molecule has 2 N–H and O–H groups in total. The molecule has 9 heteroatoms. The number of rotatable bonds is 6. The highest BCUT2D eigenvalue weighted by molar-refractivity contribution is 7.18. The Morgan fingerprint density at radius 2 is 2.21 bits per heavy atom. The van der Waals surface area contributed by atoms with Crippen LogP contribution in [0.3, 0.4) is 0 Å². The van der Waals surface area contributed by atoms with Gasteiger partial charge in [-0.15, -0.1) is 11.3 Å². The van der Waals surface area contributed by atoms with Crippen molar-refractivity contribution in [3.8, 4) is 5.75 Å². The minimum Gasteiger partial charge on any atom is -0.495 e. The summed E-state index contributed by atoms with van der Waals surface area (Å²) in [6.07, 6.45) is 2.02. The second kappa shape index (κ2) is 8.14. The average molecular weight is 413 g/mol. The van der Waals surface area contributed by atoms with Gasteiger partial charge < -0.3 is 15.0 Å². The summed E-state index contributed by atoms with van der Waals surface area (Å²) in [5.74, 6) is 0.190. The lowest BCUT2D eigenvalue weighted by molar-refractivity contribution is -0.910. The fourth-order valence-corrected chi connectivity index (χ4v) is 4.93. The third-order valence-corrected chi connectivity index (χ3v) is 6.30. The first-order valence-electron chi connectivity index (χ1n) is 9.37. The molecule has 1 saturated heterocycles. The number of thiazole rings is 1. The highest BCUT2D eigenvalue weighted by atomic mass is 32.1. The average Bonchev–Trinajstić information content (AvgIpc) is 3.33. The molecule has 8 nitrogen and oxygen atoms in total. The van der Waals surface area contributed by atoms with Crippen LogP contribution in [0.4, 0.5) is 11.4 Å². The first-order valence-corrected chi connectivity index (χ1v) is 10.2. The number of para-hydroxylation sites is 1. The lowest BCUT2D eigenvalue weighted by Crippen LogP contribution is -3.11. The molecule has 150 valence electrons. The molecule has 1 aromatic heterocycles. The van der Waals surface area contributed by atoms with Gasteiger partial charge in [-0.25, -0.2) is 4.98 Å². The van der Waals surface area contributed by atoms with Crippen LogP contribution in [0.25, 0.3) is 10.2 Å². The quantitative estimate of drug-likeness (QED) is 0.478. The predicted molar refractivity (Wildman–Crippen MR) is 111 cm³/mol. The summed E-state index contributed by atoms with van der Waals surface area (Å²) in [7, 11) is 1.46. The van der Waals surface area contributed by atoms with E-state index in [0.29, 0.717) is 11.4 Å². The summed E-state index contributed by atoms with van der Waals surface area (Å²) in [6, 6.07) is 12.4. The summed E-state index contributed by atoms with van der Waals surface area (Å²) in [4.78, 5) is 29.2. The Labute approximate surface area is 171 Å². The number of nitro benzene ring substituents is 1. The number of ether oxygens (including phenoxy) is 1. The maximum absolute atomic E-state index is 12.7. The number of carbonyl (C=O) groups excluding carboxylic acids is 1. The SMILES string of the molecule is COc1ccc([N+](=O)[O-])cc1NC(=O)C[NH+]1CCC[C@@H]1c1nc2ccccc2s1. The van der Waals surface area contributed by atoms with E-state index in [1.807, 2.05) is 18.2 Å². The molecule has 1 aliphatic heterocycles. The van der Waals surface area contributed by atoms with E-state index in [-0.39, 0.29) is 24.2 Å². The van der Waals surface area contributed by atoms with E-state index in [4.69, 9.17) is 9.72 Å². The number of nitrogens with one attached hydrogen (secondary N) is 2. The number of fused-ring (bicyclic) bond motifs is 1. The molecular weight excluding hydrogens is 392 g/mol. The minimum atomic E-state index is -0.496. The van der Waals surface area contributed by atoms with Crippen molar-refractivity contribution in [2.75, 3.05) is 25.5 Å². The number of hydrogen-bond acceptors (Lipinski definition) is 6. The fraction of sp³-hybridized carbons (Fsp3) is 0.300. The van der Waals surface area contributed by atoms with Gasteiger partial charge in [-0.05, 0) is 18.2 Å². The van der Waals surface area contributed by atoms with Gasteiger partial charge in [0.2, 0.25) is 0 Å². The summed E-state index contributed by atoms with van der Waals surface area (Å²) >= 11 is 1.68. The number of quaternary nitrogens is 1. The zero-order valence-corrected chi connectivity index (χ0v) is 16.7. The summed E-state index contributed by atoms with van der Waals surface area (Å²) < 4.78 is 6.37. The van der Waals surface area contributed by atoms with E-state index in [2.05, 4.69) is 11.4 Å². The number of carbonyl (C=O) groups is 1. The van der Waals surface area contributed by atoms with Gasteiger partial charge >= 0.3 is 0 Å². The number of nitrogens with zero attached hydrogens (tertiary/aromatic N) is 2. The number of methoxy groups -OCH3 is 1. The van der Waals surface area contributed by atoms with Crippen LogP contribution in [0.15, 0.2) is 42.5 Å². The van der Waals surface area contributed by atoms with Crippen LogP contribution in [-0.4, -0.2) is 36.0 Å². The highest BCUT2D eigenvalue weighted by Gasteiger charge is 2.34. The van der Waals surface area contributed by atoms with Gasteiger partial charge in [-0.3, -0.25) is 14.9 Å². The van der Waals surface area contributed by atoms with Gasteiger partial charge in [-0.2, -0.15) is 0 Å². The van der Waals surface area contributed by atoms with Crippen LogP contribution < -0.4 is 15.0 Å². The second-order valence-electron chi connectivity index (χ2n) is 6.99. The molecule has 0 saturated carbocycles. The number of amides is 1. The standard InChI is InChI=1S/C20H20N4O4S/c1-28-17-9-8-13(24(26)27)11-15(17)21-19(25)12-23-10-4-6-16(23)20-22-14-5-2-3-7-18(14)29-20/h2-3,5,7-9,11,16H,4,6,10,12H2,1H3,(H,21,25)/p+1/t16-/m1/s1. The van der Waals surface area contributed by atoms with Crippen LogP contribution in [0.2, 0.25) is 0 Å². The Bertz CT molecular complexity index is 1030. The number of likely N-dealkylation sites (tertiary alicyclic amines) is 1. The van der Waals surface area contributed by atoms with E-state index < -0.39 is 4.92 Å². The third-order valence-electron chi connectivity index (χ3n) is 5.15. The van der Waals surface area contributed by atoms with Gasteiger partial charge in [0.15, 0.2) is 11.6 Å². The van der Waals surface area contributed by atoms with Crippen LogP contribution in [0.5, 0.6) is 5.75 Å². The predicted octanol–water partition coefficient (Wildman–Crippen LogP) is 2.57. The molecule has 3 aromatic rings. The van der Waals surface area contributed by atoms with Crippen LogP contribution in [0.1, 0.15) is 23.9 Å². The molecular formula is C20H21N4O4S+. The van der Waals surface area contributed by atoms with E-state index in [0.717, 1.165) is 39.5 Å². The first-order chi connectivity index (χ1) is 14.0. The number of anilines is 1. The summed E-state index contributed by atoms with van der Waals surface area (Å²) in [5.41, 5.74) is 1.20. The van der Waals surface area contributed by atoms with Gasteiger partial charge in [-0.1, -0.05) is 12.1 Å². The highest BCUT2D eigenvalue weighted by Crippen LogP contribution is 2.30. The smallest absolute Gasteiger partial charge is 0.279 e. The number of nitro groups is 1. The first kappa shape index (κ1) is 19.3. The largest absolute Gasteiger partial charge is 0.495 e. The van der Waals surface area contributed by atoms with Crippen LogP contribution in [0, 0.1) is 10.1 Å². The maximum Gasteiger partial charge on any atom is 0.279 e. The molecule has 0 aliphatic carbocycles. The van der Waals surface area contributed by atoms with Crippen molar-refractivity contribution in [2.45, 2.75) is 18.9 Å². The molecule has 29 heavy (non-hydrogen) atoms. The zero-order valence-electron chi connectivity index (χ0n) is 15.9. The van der Waals surface area contributed by atoms with Gasteiger partial charge in [0.1, 0.15) is 11.8 Å². The monoisotopic (exact) mass is 413 g/mol. The summed E-state index contributed by atoms with van der Waals surface area (Å²) in [6.45, 7) is 1.16. The van der Waals surface area contributed by atoms with E-state index in [1.54, 1.807) is 11.3 Å². The van der Waals surface area contributed by atoms with E-state index in [9.17, 15) is 14.9 Å². The zero-order chi connectivity index (χ0) is 20.4. The number of benzene rings is 2. The fourth-order valence-electron chi connectivity index (χ4n) is 3.77. The van der Waals surface area contributed by atoms with E-state index in [1.165, 1.54) is 25.3 Å². The van der Waals surface area contributed by atoms with Gasteiger partial charge in [0.25, 0.3) is 11.6 Å². The third kappa shape index (κ3) is 4.06. The van der Waals surface area contributed by atoms with Crippen molar-refractivity contribution in [1.29, 1.82) is 0 Å². The topological polar surface area (TPSA) is 98.8 Å². The molecule has 2 heterocycles.